The average molecular weight is 584 g/mol. The normalized spacial score (nSPS) is 15.4. The fourth-order valence-corrected chi connectivity index (χ4v) is 6.84. The zero-order valence-electron chi connectivity index (χ0n) is 24.3. The van der Waals surface area contributed by atoms with Crippen LogP contribution < -0.4 is 0 Å². The van der Waals surface area contributed by atoms with Gasteiger partial charge in [-0.1, -0.05) is 108 Å². The van der Waals surface area contributed by atoms with Crippen molar-refractivity contribution in [1.82, 2.24) is 0 Å². The van der Waals surface area contributed by atoms with Crippen LogP contribution in [-0.4, -0.2) is 66.9 Å². The van der Waals surface area contributed by atoms with E-state index in [9.17, 15) is 22.9 Å². The van der Waals surface area contributed by atoms with E-state index in [1.807, 2.05) is 6.92 Å². The lowest BCUT2D eigenvalue weighted by atomic mass is 10.1. The van der Waals surface area contributed by atoms with Crippen LogP contribution in [0.4, 0.5) is 0 Å². The Bertz CT molecular complexity index is 703. The van der Waals surface area contributed by atoms with Crippen molar-refractivity contribution in [2.24, 2.45) is 0 Å². The number of aliphatic hydroxyl groups is 1. The molecular formula is C28H56O8PS+. The Morgan fingerprint density at radius 2 is 1.32 bits per heavy atom. The number of carboxylic acid groups (broad SMARTS) is 1. The second-order valence-corrected chi connectivity index (χ2v) is 13.9. The molecule has 0 fully saturated rings. The molecule has 0 spiro atoms. The Morgan fingerprint density at radius 3 is 1.82 bits per heavy atom. The van der Waals surface area contributed by atoms with Crippen molar-refractivity contribution in [2.45, 2.75) is 147 Å². The van der Waals surface area contributed by atoms with Gasteiger partial charge in [0, 0.05) is 13.2 Å². The van der Waals surface area contributed by atoms with Crippen LogP contribution in [0.15, 0.2) is 0 Å². The zero-order chi connectivity index (χ0) is 28.7. The molecule has 0 aromatic rings. The smallest absolute Gasteiger partial charge is 0.390 e. The predicted molar refractivity (Wildman–Crippen MR) is 155 cm³/mol. The lowest BCUT2D eigenvalue weighted by Gasteiger charge is -2.25. The van der Waals surface area contributed by atoms with Crippen LogP contribution in [0.25, 0.3) is 0 Å². The van der Waals surface area contributed by atoms with E-state index in [-0.39, 0.29) is 19.0 Å². The maximum Gasteiger partial charge on any atom is 0.390 e. The van der Waals surface area contributed by atoms with Gasteiger partial charge in [-0.05, 0) is 26.2 Å². The molecular weight excluding hydrogens is 527 g/mol. The van der Waals surface area contributed by atoms with E-state index in [4.69, 9.17) is 14.6 Å². The van der Waals surface area contributed by atoms with Crippen LogP contribution in [0.5, 0.6) is 0 Å². The van der Waals surface area contributed by atoms with Gasteiger partial charge in [0.2, 0.25) is 0 Å². The number of hydrogen-bond acceptors (Lipinski definition) is 7. The van der Waals surface area contributed by atoms with Gasteiger partial charge in [0.15, 0.2) is 9.84 Å². The minimum absolute atomic E-state index is 0.111. The Balaban J connectivity index is 4.61. The van der Waals surface area contributed by atoms with Crippen LogP contribution in [0.1, 0.15) is 130 Å². The van der Waals surface area contributed by atoms with Gasteiger partial charge >= 0.3 is 19.8 Å². The van der Waals surface area contributed by atoms with E-state index < -0.39 is 47.6 Å². The minimum atomic E-state index is -3.29. The van der Waals surface area contributed by atoms with E-state index in [1.54, 1.807) is 0 Å². The van der Waals surface area contributed by atoms with Crippen molar-refractivity contribution in [2.75, 3.05) is 25.6 Å². The van der Waals surface area contributed by atoms with Crippen LogP contribution in [-0.2, 0) is 28.7 Å². The molecule has 10 heteroatoms. The molecule has 0 heterocycles. The SMILES string of the molecule is CCCCCCCCCCCS(=O)(=O)C(CCCCCCCC)C(C)OCCCOCC(O)([PH+]=O)C(=O)O. The first-order valence-corrected chi connectivity index (χ1v) is 17.5. The Kier molecular flexibility index (Phi) is 22.8. The van der Waals surface area contributed by atoms with Crippen LogP contribution in [0.2, 0.25) is 0 Å². The van der Waals surface area contributed by atoms with Crippen LogP contribution >= 0.6 is 8.46 Å². The summed E-state index contributed by atoms with van der Waals surface area (Å²) < 4.78 is 48.5. The van der Waals surface area contributed by atoms with Crippen molar-refractivity contribution in [1.29, 1.82) is 0 Å². The van der Waals surface area contributed by atoms with E-state index in [2.05, 4.69) is 13.8 Å². The summed E-state index contributed by atoms with van der Waals surface area (Å²) >= 11 is 0. The quantitative estimate of drug-likeness (QED) is 0.0773. The largest absolute Gasteiger partial charge is 0.476 e. The lowest BCUT2D eigenvalue weighted by molar-refractivity contribution is -0.154. The molecule has 0 aromatic heterocycles. The fraction of sp³-hybridized carbons (Fsp3) is 0.964. The second kappa shape index (κ2) is 23.1. The highest BCUT2D eigenvalue weighted by Crippen LogP contribution is 2.22. The molecule has 2 N–H and O–H groups in total. The zero-order valence-corrected chi connectivity index (χ0v) is 26.1. The molecule has 4 atom stereocenters. The van der Waals surface area contributed by atoms with E-state index in [1.165, 1.54) is 57.8 Å². The summed E-state index contributed by atoms with van der Waals surface area (Å²) in [6.07, 6.45) is 17.4. The number of ether oxygens (including phenoxy) is 2. The number of sulfone groups is 1. The molecule has 0 aliphatic heterocycles. The first kappa shape index (κ1) is 37.4. The van der Waals surface area contributed by atoms with Gasteiger partial charge in [0.25, 0.3) is 0 Å². The van der Waals surface area contributed by atoms with Gasteiger partial charge in [-0.15, -0.1) is 0 Å². The van der Waals surface area contributed by atoms with Gasteiger partial charge in [-0.3, -0.25) is 0 Å². The van der Waals surface area contributed by atoms with E-state index >= 15 is 0 Å². The molecule has 0 aliphatic rings. The molecule has 0 bridgehead atoms. The maximum atomic E-state index is 13.3. The summed E-state index contributed by atoms with van der Waals surface area (Å²) in [5, 5.41) is 15.7. The van der Waals surface area contributed by atoms with Gasteiger partial charge in [0.05, 0.1) is 17.1 Å². The van der Waals surface area contributed by atoms with Gasteiger partial charge in [-0.25, -0.2) is 13.2 Å². The number of carbonyl (C=O) groups is 1. The predicted octanol–water partition coefficient (Wildman–Crippen LogP) is 6.66. The fourth-order valence-electron chi connectivity index (χ4n) is 4.49. The highest BCUT2D eigenvalue weighted by atomic mass is 32.2. The molecule has 0 radical (unpaired) electrons. The molecule has 0 saturated carbocycles. The third kappa shape index (κ3) is 17.9. The molecule has 0 amide bonds. The van der Waals surface area contributed by atoms with Crippen molar-refractivity contribution < 1.29 is 37.5 Å². The van der Waals surface area contributed by atoms with Crippen molar-refractivity contribution in [3.63, 3.8) is 0 Å². The van der Waals surface area contributed by atoms with Crippen molar-refractivity contribution in [3.8, 4) is 0 Å². The first-order chi connectivity index (χ1) is 18.1. The van der Waals surface area contributed by atoms with Gasteiger partial charge < -0.3 is 19.7 Å². The van der Waals surface area contributed by atoms with Crippen LogP contribution in [0.3, 0.4) is 0 Å². The minimum Gasteiger partial charge on any atom is -0.476 e. The topological polar surface area (TPSA) is 127 Å². The monoisotopic (exact) mass is 583 g/mol. The van der Waals surface area contributed by atoms with E-state index in [0.29, 0.717) is 19.3 Å². The maximum absolute atomic E-state index is 13.3. The highest BCUT2D eigenvalue weighted by Gasteiger charge is 2.46. The Labute approximate surface area is 233 Å². The molecule has 8 nitrogen and oxygen atoms in total. The van der Waals surface area contributed by atoms with Crippen molar-refractivity contribution in [3.05, 3.63) is 0 Å². The molecule has 226 valence electrons. The highest BCUT2D eigenvalue weighted by molar-refractivity contribution is 7.92. The molecule has 0 aromatic carbocycles. The van der Waals surface area contributed by atoms with Crippen molar-refractivity contribution >= 4 is 24.3 Å². The van der Waals surface area contributed by atoms with Gasteiger partial charge in [-0.2, -0.15) is 0 Å². The second-order valence-electron chi connectivity index (χ2n) is 10.5. The summed E-state index contributed by atoms with van der Waals surface area (Å²) in [4.78, 5) is 11.0. The lowest BCUT2D eigenvalue weighted by Crippen LogP contribution is -2.37. The summed E-state index contributed by atoms with van der Waals surface area (Å²) in [6.45, 7) is 6.00. The average Bonchev–Trinajstić information content (AvgIpc) is 2.88. The third-order valence-electron chi connectivity index (χ3n) is 7.01. The number of carboxylic acids is 1. The summed E-state index contributed by atoms with van der Waals surface area (Å²) in [6, 6.07) is 0. The molecule has 0 rings (SSSR count). The summed E-state index contributed by atoms with van der Waals surface area (Å²) in [7, 11) is -4.73. The molecule has 38 heavy (non-hydrogen) atoms. The summed E-state index contributed by atoms with van der Waals surface area (Å²) in [5.41, 5.74) is 0. The standard InChI is InChI=1S/C28H55O8PS/c1-4-6-8-10-12-13-14-16-18-23-38(33,34)26(20-17-15-11-9-7-5-2)25(3)36-22-19-21-35-24-28(31,37-32)27(29)30/h25-26,31H,4-24H2,1-3H3,(H,29,30)/p+1. The molecule has 0 saturated heterocycles. The Morgan fingerprint density at radius 1 is 0.816 bits per heavy atom. The number of unbranched alkanes of at least 4 members (excludes halogenated alkanes) is 13. The third-order valence-corrected chi connectivity index (χ3v) is 10.1. The number of rotatable bonds is 28. The van der Waals surface area contributed by atoms with Gasteiger partial charge in [0.1, 0.15) is 6.61 Å². The first-order valence-electron chi connectivity index (χ1n) is 14.9. The van der Waals surface area contributed by atoms with Crippen LogP contribution in [0, 0.1) is 0 Å². The molecule has 0 aliphatic carbocycles. The number of hydrogen-bond donors (Lipinski definition) is 2. The Hall–Kier alpha value is -0.600. The summed E-state index contributed by atoms with van der Waals surface area (Å²) in [5.74, 6) is -1.39. The number of aliphatic carboxylic acids is 1. The molecule has 4 unspecified atom stereocenters. The van der Waals surface area contributed by atoms with E-state index in [0.717, 1.165) is 32.1 Å².